The lowest BCUT2D eigenvalue weighted by Crippen LogP contribution is -2.23. The van der Waals surface area contributed by atoms with E-state index in [0.29, 0.717) is 11.6 Å². The van der Waals surface area contributed by atoms with Crippen molar-refractivity contribution in [1.82, 2.24) is 5.16 Å². The van der Waals surface area contributed by atoms with Gasteiger partial charge in [-0.2, -0.15) is 0 Å². The predicted octanol–water partition coefficient (Wildman–Crippen LogP) is 1.18. The number of nitrogens with zero attached hydrogens (tertiary/aromatic N) is 1. The third kappa shape index (κ3) is 5.87. The first-order chi connectivity index (χ1) is 9.38. The number of esters is 1. The SMILES string of the molecule is CC(=O)[C@H](C)OC(=O)CSCC(=O)Nc1cc(C)on1. The molecule has 7 nitrogen and oxygen atoms in total. The van der Waals surface area contributed by atoms with E-state index in [1.54, 1.807) is 13.0 Å². The molecule has 0 unspecified atom stereocenters. The fourth-order valence-corrected chi connectivity index (χ4v) is 1.74. The number of Topliss-reactive ketones (excluding diaryl/α,β-unsaturated/α-hetero) is 1. The lowest BCUT2D eigenvalue weighted by atomic mass is 10.3. The molecule has 0 fully saturated rings. The number of hydrogen-bond donors (Lipinski definition) is 1. The van der Waals surface area contributed by atoms with Crippen molar-refractivity contribution in [2.45, 2.75) is 26.9 Å². The molecule has 0 saturated heterocycles. The van der Waals surface area contributed by atoms with E-state index in [1.165, 1.54) is 13.8 Å². The second-order valence-electron chi connectivity index (χ2n) is 4.11. The Morgan fingerprint density at radius 2 is 2.15 bits per heavy atom. The number of aryl methyl sites for hydroxylation is 1. The van der Waals surface area contributed by atoms with Crippen molar-refractivity contribution >= 4 is 35.2 Å². The number of carbonyl (C=O) groups is 3. The van der Waals surface area contributed by atoms with E-state index in [0.717, 1.165) is 11.8 Å². The van der Waals surface area contributed by atoms with Crippen LogP contribution in [-0.2, 0) is 19.1 Å². The third-order valence-corrected chi connectivity index (χ3v) is 3.14. The zero-order valence-corrected chi connectivity index (χ0v) is 12.3. The Morgan fingerprint density at radius 3 is 2.70 bits per heavy atom. The largest absolute Gasteiger partial charge is 0.454 e. The molecule has 0 aliphatic rings. The number of nitrogens with one attached hydrogen (secondary N) is 1. The monoisotopic (exact) mass is 300 g/mol. The van der Waals surface area contributed by atoms with Gasteiger partial charge < -0.3 is 14.6 Å². The molecule has 0 aliphatic heterocycles. The van der Waals surface area contributed by atoms with Gasteiger partial charge in [0.1, 0.15) is 5.76 Å². The number of hydrogen-bond acceptors (Lipinski definition) is 7. The summed E-state index contributed by atoms with van der Waals surface area (Å²) < 4.78 is 9.64. The minimum atomic E-state index is -0.755. The average molecular weight is 300 g/mol. The maximum Gasteiger partial charge on any atom is 0.316 e. The standard InChI is InChI=1S/C12H16N2O5S/c1-7-4-10(14-19-7)13-11(16)5-20-6-12(17)18-9(3)8(2)15/h4,9H,5-6H2,1-3H3,(H,13,14,16)/t9-/m0/s1. The highest BCUT2D eigenvalue weighted by Gasteiger charge is 2.14. The normalized spacial score (nSPS) is 11.8. The van der Waals surface area contributed by atoms with E-state index in [2.05, 4.69) is 10.5 Å². The zero-order chi connectivity index (χ0) is 15.1. The summed E-state index contributed by atoms with van der Waals surface area (Å²) in [6.45, 7) is 4.56. The molecular weight excluding hydrogens is 284 g/mol. The Morgan fingerprint density at radius 1 is 1.45 bits per heavy atom. The summed E-state index contributed by atoms with van der Waals surface area (Å²) in [6, 6.07) is 1.59. The van der Waals surface area contributed by atoms with Crippen LogP contribution >= 0.6 is 11.8 Å². The molecule has 1 N–H and O–H groups in total. The summed E-state index contributed by atoms with van der Waals surface area (Å²) in [5, 5.41) is 6.14. The molecule has 1 aromatic heterocycles. The summed E-state index contributed by atoms with van der Waals surface area (Å²) in [4.78, 5) is 33.8. The molecule has 0 radical (unpaired) electrons. The Balaban J connectivity index is 2.21. The quantitative estimate of drug-likeness (QED) is 0.755. The number of rotatable bonds is 7. The number of thioether (sulfide) groups is 1. The molecule has 0 saturated carbocycles. The number of carbonyl (C=O) groups excluding carboxylic acids is 3. The van der Waals surface area contributed by atoms with E-state index < -0.39 is 12.1 Å². The van der Waals surface area contributed by atoms with Crippen molar-refractivity contribution in [2.24, 2.45) is 0 Å². The van der Waals surface area contributed by atoms with Gasteiger partial charge in [-0.25, -0.2) is 0 Å². The molecule has 0 aromatic carbocycles. The third-order valence-electron chi connectivity index (χ3n) is 2.23. The first-order valence-corrected chi connectivity index (χ1v) is 7.05. The van der Waals surface area contributed by atoms with Crippen molar-refractivity contribution < 1.29 is 23.6 Å². The van der Waals surface area contributed by atoms with Gasteiger partial charge in [-0.1, -0.05) is 5.16 Å². The Bertz CT molecular complexity index is 500. The minimum absolute atomic E-state index is 0.00286. The summed E-state index contributed by atoms with van der Waals surface area (Å²) >= 11 is 1.09. The molecule has 1 aromatic rings. The van der Waals surface area contributed by atoms with Gasteiger partial charge in [0.25, 0.3) is 0 Å². The molecule has 1 amide bonds. The van der Waals surface area contributed by atoms with E-state index >= 15 is 0 Å². The van der Waals surface area contributed by atoms with Crippen LogP contribution in [0.3, 0.4) is 0 Å². The topological polar surface area (TPSA) is 98.5 Å². The van der Waals surface area contributed by atoms with Crippen LogP contribution < -0.4 is 5.32 Å². The van der Waals surface area contributed by atoms with Gasteiger partial charge in [0.2, 0.25) is 5.91 Å². The molecule has 1 rings (SSSR count). The van der Waals surface area contributed by atoms with Crippen LogP contribution in [0.5, 0.6) is 0 Å². The van der Waals surface area contributed by atoms with Crippen molar-refractivity contribution in [3.05, 3.63) is 11.8 Å². The van der Waals surface area contributed by atoms with Gasteiger partial charge in [-0.05, 0) is 20.8 Å². The number of ether oxygens (including phenoxy) is 1. The van der Waals surface area contributed by atoms with Crippen LogP contribution in [0, 0.1) is 6.92 Å². The first kappa shape index (κ1) is 16.2. The first-order valence-electron chi connectivity index (χ1n) is 5.89. The van der Waals surface area contributed by atoms with Gasteiger partial charge in [-0.15, -0.1) is 11.8 Å². The van der Waals surface area contributed by atoms with Gasteiger partial charge in [-0.3, -0.25) is 14.4 Å². The maximum absolute atomic E-state index is 11.5. The molecule has 0 bridgehead atoms. The zero-order valence-electron chi connectivity index (χ0n) is 11.5. The fraction of sp³-hybridized carbons (Fsp3) is 0.500. The molecule has 1 atom stereocenters. The highest BCUT2D eigenvalue weighted by atomic mass is 32.2. The predicted molar refractivity (Wildman–Crippen MR) is 73.4 cm³/mol. The number of amides is 1. The lowest BCUT2D eigenvalue weighted by Gasteiger charge is -2.09. The molecule has 110 valence electrons. The summed E-state index contributed by atoms with van der Waals surface area (Å²) in [6.07, 6.45) is -0.755. The van der Waals surface area contributed by atoms with Crippen LogP contribution in [-0.4, -0.2) is 40.4 Å². The van der Waals surface area contributed by atoms with Crippen molar-refractivity contribution in [1.29, 1.82) is 0 Å². The highest BCUT2D eigenvalue weighted by molar-refractivity contribution is 8.00. The van der Waals surface area contributed by atoms with Crippen molar-refractivity contribution in [3.63, 3.8) is 0 Å². The lowest BCUT2D eigenvalue weighted by molar-refractivity contribution is -0.150. The Labute approximate surface area is 120 Å². The van der Waals surface area contributed by atoms with Crippen molar-refractivity contribution in [2.75, 3.05) is 16.8 Å². The summed E-state index contributed by atoms with van der Waals surface area (Å²) in [5.74, 6) is -0.0325. The Hall–Kier alpha value is -1.83. The Kier molecular flexibility index (Phi) is 6.23. The van der Waals surface area contributed by atoms with Gasteiger partial charge >= 0.3 is 5.97 Å². The molecule has 8 heteroatoms. The molecule has 0 aliphatic carbocycles. The molecule has 20 heavy (non-hydrogen) atoms. The van der Waals surface area contributed by atoms with Crippen LogP contribution in [0.2, 0.25) is 0 Å². The maximum atomic E-state index is 11.5. The van der Waals surface area contributed by atoms with Crippen LogP contribution in [0.25, 0.3) is 0 Å². The highest BCUT2D eigenvalue weighted by Crippen LogP contribution is 2.09. The van der Waals surface area contributed by atoms with Gasteiger partial charge in [0.15, 0.2) is 17.7 Å². The number of aromatic nitrogens is 1. The summed E-state index contributed by atoms with van der Waals surface area (Å²) in [5.41, 5.74) is 0. The molecule has 1 heterocycles. The second kappa shape index (κ2) is 7.68. The van der Waals surface area contributed by atoms with Crippen LogP contribution in [0.4, 0.5) is 5.82 Å². The van der Waals surface area contributed by atoms with E-state index in [-0.39, 0.29) is 23.2 Å². The molecular formula is C12H16N2O5S. The smallest absolute Gasteiger partial charge is 0.316 e. The van der Waals surface area contributed by atoms with Gasteiger partial charge in [0, 0.05) is 6.07 Å². The minimum Gasteiger partial charge on any atom is -0.454 e. The van der Waals surface area contributed by atoms with E-state index in [1.807, 2.05) is 0 Å². The van der Waals surface area contributed by atoms with Gasteiger partial charge in [0.05, 0.1) is 11.5 Å². The van der Waals surface area contributed by atoms with Crippen LogP contribution in [0.15, 0.2) is 10.6 Å². The average Bonchev–Trinajstić information content (AvgIpc) is 2.74. The second-order valence-corrected chi connectivity index (χ2v) is 5.09. The van der Waals surface area contributed by atoms with E-state index in [9.17, 15) is 14.4 Å². The molecule has 0 spiro atoms. The number of anilines is 1. The summed E-state index contributed by atoms with van der Waals surface area (Å²) in [7, 11) is 0. The van der Waals surface area contributed by atoms with E-state index in [4.69, 9.17) is 9.26 Å². The van der Waals surface area contributed by atoms with Crippen molar-refractivity contribution in [3.8, 4) is 0 Å². The fourth-order valence-electron chi connectivity index (χ4n) is 1.15. The van der Waals surface area contributed by atoms with Crippen LogP contribution in [0.1, 0.15) is 19.6 Å². The number of ketones is 1.